The van der Waals surface area contributed by atoms with Crippen molar-refractivity contribution in [3.63, 3.8) is 0 Å². The van der Waals surface area contributed by atoms with Crippen LogP contribution in [-0.4, -0.2) is 11.1 Å². The summed E-state index contributed by atoms with van der Waals surface area (Å²) < 4.78 is 25.7. The molecule has 1 rings (SSSR count). The maximum atomic E-state index is 12.6. The third-order valence-electron chi connectivity index (χ3n) is 1.88. The third-order valence-corrected chi connectivity index (χ3v) is 2.94. The van der Waals surface area contributed by atoms with Gasteiger partial charge in [-0.2, -0.15) is 0 Å². The fourth-order valence-electron chi connectivity index (χ4n) is 1.23. The highest BCUT2D eigenvalue weighted by Gasteiger charge is 2.19. The maximum Gasteiger partial charge on any atom is 0.264 e. The van der Waals surface area contributed by atoms with E-state index in [0.29, 0.717) is 9.80 Å². The van der Waals surface area contributed by atoms with Crippen LogP contribution < -0.4 is 0 Å². The van der Waals surface area contributed by atoms with Crippen molar-refractivity contribution in [2.45, 2.75) is 12.8 Å². The molecule has 0 saturated carbocycles. The summed E-state index contributed by atoms with van der Waals surface area (Å²) in [4.78, 5) is 11.6. The highest BCUT2D eigenvalue weighted by atomic mass is 79.9. The molecule has 0 aliphatic heterocycles. The number of ketones is 1. The van der Waals surface area contributed by atoms with Gasteiger partial charge in [0.1, 0.15) is 0 Å². The van der Waals surface area contributed by atoms with Crippen LogP contribution in [0.3, 0.4) is 0 Å². The Morgan fingerprint density at radius 3 is 2.60 bits per heavy atom. The summed E-state index contributed by atoms with van der Waals surface area (Å²) in [6.45, 7) is 0. The lowest BCUT2D eigenvalue weighted by Crippen LogP contribution is -2.06. The first-order valence-electron chi connectivity index (χ1n) is 4.23. The van der Waals surface area contributed by atoms with Crippen molar-refractivity contribution in [2.24, 2.45) is 0 Å². The molecule has 0 aliphatic rings. The molecule has 0 N–H and O–H groups in total. The molecule has 0 radical (unpaired) electrons. The van der Waals surface area contributed by atoms with Crippen molar-refractivity contribution in [3.8, 4) is 0 Å². The molecule has 0 aliphatic carbocycles. The van der Waals surface area contributed by atoms with Crippen LogP contribution in [0.4, 0.5) is 8.78 Å². The maximum absolute atomic E-state index is 12.6. The fraction of sp³-hybridized carbons (Fsp3) is 0.300. The van der Waals surface area contributed by atoms with E-state index < -0.39 is 6.43 Å². The molecule has 0 unspecified atom stereocenters. The smallest absolute Gasteiger partial charge is 0.264 e. The van der Waals surface area contributed by atoms with Gasteiger partial charge in [-0.25, -0.2) is 8.78 Å². The highest BCUT2D eigenvalue weighted by Crippen LogP contribution is 2.29. The SMILES string of the molecule is O=C(CCBr)c1c(Br)cccc1C(F)F. The van der Waals surface area contributed by atoms with Gasteiger partial charge in [-0.05, 0) is 6.07 Å². The molecule has 0 fully saturated rings. The second kappa shape index (κ2) is 5.70. The molecule has 0 amide bonds. The number of halogens is 4. The number of alkyl halides is 3. The lowest BCUT2D eigenvalue weighted by atomic mass is 10.0. The Morgan fingerprint density at radius 2 is 2.07 bits per heavy atom. The molecule has 5 heteroatoms. The minimum absolute atomic E-state index is 0.0898. The van der Waals surface area contributed by atoms with E-state index in [4.69, 9.17) is 0 Å². The van der Waals surface area contributed by atoms with Crippen LogP contribution in [0.15, 0.2) is 22.7 Å². The summed E-state index contributed by atoms with van der Waals surface area (Å²) in [5.74, 6) is -0.283. The first kappa shape index (κ1) is 12.8. The zero-order valence-corrected chi connectivity index (χ0v) is 10.8. The summed E-state index contributed by atoms with van der Waals surface area (Å²) in [6, 6.07) is 4.36. The second-order valence-electron chi connectivity index (χ2n) is 2.87. The average Bonchev–Trinajstić information content (AvgIpc) is 2.17. The van der Waals surface area contributed by atoms with E-state index in [1.165, 1.54) is 12.1 Å². The van der Waals surface area contributed by atoms with Gasteiger partial charge in [0.2, 0.25) is 0 Å². The fourth-order valence-corrected chi connectivity index (χ4v) is 2.19. The van der Waals surface area contributed by atoms with Gasteiger partial charge in [-0.3, -0.25) is 4.79 Å². The van der Waals surface area contributed by atoms with Crippen LogP contribution in [0.2, 0.25) is 0 Å². The molecule has 0 atom stereocenters. The third kappa shape index (κ3) is 3.08. The zero-order valence-electron chi connectivity index (χ0n) is 7.64. The molecule has 1 nitrogen and oxygen atoms in total. The van der Waals surface area contributed by atoms with Gasteiger partial charge in [-0.15, -0.1) is 0 Å². The molecule has 0 saturated heterocycles. The standard InChI is InChI=1S/C10H8Br2F2O/c11-5-4-8(15)9-6(10(13)14)2-1-3-7(9)12/h1-3,10H,4-5H2. The molecule has 0 heterocycles. The number of rotatable bonds is 4. The largest absolute Gasteiger partial charge is 0.294 e. The number of hydrogen-bond donors (Lipinski definition) is 0. The van der Waals surface area contributed by atoms with Crippen LogP contribution in [0, 0.1) is 0 Å². The Balaban J connectivity index is 3.18. The number of Topliss-reactive ketones (excluding diaryl/α,β-unsaturated/α-hetero) is 1. The Hall–Kier alpha value is -0.290. The monoisotopic (exact) mass is 340 g/mol. The lowest BCUT2D eigenvalue weighted by Gasteiger charge is -2.09. The van der Waals surface area contributed by atoms with E-state index in [0.717, 1.165) is 0 Å². The number of benzene rings is 1. The van der Waals surface area contributed by atoms with Crippen LogP contribution >= 0.6 is 31.9 Å². The quantitative estimate of drug-likeness (QED) is 0.587. The van der Waals surface area contributed by atoms with E-state index in [1.807, 2.05) is 0 Å². The van der Waals surface area contributed by atoms with E-state index in [1.54, 1.807) is 6.07 Å². The molecule has 0 aromatic heterocycles. The second-order valence-corrected chi connectivity index (χ2v) is 4.51. The first-order valence-corrected chi connectivity index (χ1v) is 6.15. The van der Waals surface area contributed by atoms with Gasteiger partial charge in [0.25, 0.3) is 6.43 Å². The van der Waals surface area contributed by atoms with Gasteiger partial charge < -0.3 is 0 Å². The van der Waals surface area contributed by atoms with Crippen molar-refractivity contribution >= 4 is 37.6 Å². The van der Waals surface area contributed by atoms with Crippen LogP contribution in [-0.2, 0) is 0 Å². The topological polar surface area (TPSA) is 17.1 Å². The van der Waals surface area contributed by atoms with Crippen LogP contribution in [0.25, 0.3) is 0 Å². The average molecular weight is 342 g/mol. The van der Waals surface area contributed by atoms with Gasteiger partial charge in [-0.1, -0.05) is 44.0 Å². The van der Waals surface area contributed by atoms with Crippen LogP contribution in [0.5, 0.6) is 0 Å². The minimum atomic E-state index is -2.63. The van der Waals surface area contributed by atoms with Gasteiger partial charge in [0.15, 0.2) is 5.78 Å². The Labute approximate surface area is 103 Å². The zero-order chi connectivity index (χ0) is 11.4. The molecular weight excluding hydrogens is 334 g/mol. The lowest BCUT2D eigenvalue weighted by molar-refractivity contribution is 0.0975. The summed E-state index contributed by atoms with van der Waals surface area (Å²) in [5, 5.41) is 0.468. The van der Waals surface area contributed by atoms with Gasteiger partial charge >= 0.3 is 0 Å². The molecule has 82 valence electrons. The summed E-state index contributed by atoms with van der Waals surface area (Å²) in [5.41, 5.74) is -0.123. The van der Waals surface area contributed by atoms with Crippen molar-refractivity contribution in [1.82, 2.24) is 0 Å². The first-order chi connectivity index (χ1) is 7.07. The normalized spacial score (nSPS) is 10.7. The molecule has 1 aromatic rings. The van der Waals surface area contributed by atoms with Gasteiger partial charge in [0.05, 0.1) is 0 Å². The van der Waals surface area contributed by atoms with Crippen molar-refractivity contribution < 1.29 is 13.6 Å². The Bertz CT molecular complexity index is 366. The molecule has 0 spiro atoms. The predicted octanol–water partition coefficient (Wildman–Crippen LogP) is 4.35. The van der Waals surface area contributed by atoms with E-state index in [2.05, 4.69) is 31.9 Å². The van der Waals surface area contributed by atoms with Gasteiger partial charge in [0, 0.05) is 27.4 Å². The highest BCUT2D eigenvalue weighted by molar-refractivity contribution is 9.10. The summed E-state index contributed by atoms with van der Waals surface area (Å²) in [6.07, 6.45) is -2.42. The Morgan fingerprint density at radius 1 is 1.40 bits per heavy atom. The minimum Gasteiger partial charge on any atom is -0.294 e. The van der Waals surface area contributed by atoms with E-state index in [-0.39, 0.29) is 23.3 Å². The van der Waals surface area contributed by atoms with Crippen LogP contribution in [0.1, 0.15) is 28.8 Å². The summed E-state index contributed by atoms with van der Waals surface area (Å²) in [7, 11) is 0. The number of carbonyl (C=O) groups is 1. The molecule has 15 heavy (non-hydrogen) atoms. The number of hydrogen-bond acceptors (Lipinski definition) is 1. The van der Waals surface area contributed by atoms with Crippen molar-refractivity contribution in [3.05, 3.63) is 33.8 Å². The van der Waals surface area contributed by atoms with E-state index in [9.17, 15) is 13.6 Å². The van der Waals surface area contributed by atoms with Crippen molar-refractivity contribution in [1.29, 1.82) is 0 Å². The molecule has 1 aromatic carbocycles. The molecule has 0 bridgehead atoms. The van der Waals surface area contributed by atoms with Crippen molar-refractivity contribution in [2.75, 3.05) is 5.33 Å². The van der Waals surface area contributed by atoms with E-state index >= 15 is 0 Å². The summed E-state index contributed by atoms with van der Waals surface area (Å²) >= 11 is 6.23. The Kier molecular flexibility index (Phi) is 4.86. The molecular formula is C10H8Br2F2O. The predicted molar refractivity (Wildman–Crippen MR) is 61.8 cm³/mol. The number of carbonyl (C=O) groups excluding carboxylic acids is 1.